The van der Waals surface area contributed by atoms with Crippen molar-refractivity contribution in [2.24, 2.45) is 0 Å². The minimum absolute atomic E-state index is 0.0980. The Morgan fingerprint density at radius 1 is 1.30 bits per heavy atom. The molecule has 0 saturated heterocycles. The Hall–Kier alpha value is -0.850. The normalized spacial score (nSPS) is 13.4. The van der Waals surface area contributed by atoms with Crippen LogP contribution in [-0.4, -0.2) is 0 Å². The zero-order chi connectivity index (χ0) is 14.8. The van der Waals surface area contributed by atoms with Crippen molar-refractivity contribution in [3.63, 3.8) is 0 Å². The van der Waals surface area contributed by atoms with E-state index in [4.69, 9.17) is 0 Å². The zero-order valence-corrected chi connectivity index (χ0v) is 13.1. The average molecular weight is 364 g/mol. The molecule has 0 aliphatic carbocycles. The molecule has 108 valence electrons. The fourth-order valence-corrected chi connectivity index (χ4v) is 3.26. The van der Waals surface area contributed by atoms with E-state index in [1.54, 1.807) is 17.4 Å². The molecule has 1 nitrogen and oxygen atoms in total. The van der Waals surface area contributed by atoms with Crippen LogP contribution >= 0.6 is 27.3 Å². The van der Waals surface area contributed by atoms with Crippen LogP contribution in [0.5, 0.6) is 0 Å². The molecule has 1 aromatic carbocycles. The molecule has 2 aromatic rings. The van der Waals surface area contributed by atoms with E-state index in [-0.39, 0.29) is 6.04 Å². The summed E-state index contributed by atoms with van der Waals surface area (Å²) in [5.74, 6) is 0. The molecule has 0 aliphatic heterocycles. The van der Waals surface area contributed by atoms with Crippen LogP contribution in [0.3, 0.4) is 0 Å². The van der Waals surface area contributed by atoms with Gasteiger partial charge < -0.3 is 5.32 Å². The first-order valence-corrected chi connectivity index (χ1v) is 7.67. The summed E-state index contributed by atoms with van der Waals surface area (Å²) in [7, 11) is 0. The maximum absolute atomic E-state index is 12.6. The quantitative estimate of drug-likeness (QED) is 0.768. The van der Waals surface area contributed by atoms with Crippen molar-refractivity contribution in [1.29, 1.82) is 0 Å². The van der Waals surface area contributed by atoms with Crippen LogP contribution in [0.15, 0.2) is 40.2 Å². The molecule has 0 amide bonds. The van der Waals surface area contributed by atoms with E-state index < -0.39 is 11.7 Å². The Morgan fingerprint density at radius 3 is 2.65 bits per heavy atom. The van der Waals surface area contributed by atoms with E-state index in [9.17, 15) is 13.2 Å². The number of thiophene rings is 1. The third-order valence-electron chi connectivity index (χ3n) is 2.88. The Labute approximate surface area is 128 Å². The lowest BCUT2D eigenvalue weighted by Crippen LogP contribution is -2.17. The second-order valence-electron chi connectivity index (χ2n) is 4.47. The molecule has 6 heteroatoms. The monoisotopic (exact) mass is 363 g/mol. The van der Waals surface area contributed by atoms with Gasteiger partial charge in [-0.1, -0.05) is 18.2 Å². The van der Waals surface area contributed by atoms with E-state index in [1.807, 2.05) is 18.4 Å². The maximum atomic E-state index is 12.6. The lowest BCUT2D eigenvalue weighted by Gasteiger charge is -2.13. The van der Waals surface area contributed by atoms with Crippen LogP contribution < -0.4 is 5.32 Å². The van der Waals surface area contributed by atoms with Gasteiger partial charge >= 0.3 is 6.18 Å². The molecule has 0 aliphatic rings. The Balaban J connectivity index is 2.00. The van der Waals surface area contributed by atoms with E-state index >= 15 is 0 Å². The van der Waals surface area contributed by atoms with Crippen molar-refractivity contribution < 1.29 is 13.2 Å². The van der Waals surface area contributed by atoms with Gasteiger partial charge in [-0.3, -0.25) is 0 Å². The molecule has 0 fully saturated rings. The highest BCUT2D eigenvalue weighted by Gasteiger charge is 2.30. The summed E-state index contributed by atoms with van der Waals surface area (Å²) in [6.07, 6.45) is -4.29. The summed E-state index contributed by atoms with van der Waals surface area (Å²) in [5.41, 5.74) is 0.0191. The van der Waals surface area contributed by atoms with Gasteiger partial charge in [0.1, 0.15) is 0 Å². The van der Waals surface area contributed by atoms with Gasteiger partial charge in [0.15, 0.2) is 0 Å². The fraction of sp³-hybridized carbons (Fsp3) is 0.286. The van der Waals surface area contributed by atoms with E-state index in [0.29, 0.717) is 12.1 Å². The minimum Gasteiger partial charge on any atom is -0.305 e. The molecule has 1 aromatic heterocycles. The summed E-state index contributed by atoms with van der Waals surface area (Å²) >= 11 is 5.00. The number of nitrogens with one attached hydrogen (secondary N) is 1. The number of rotatable bonds is 4. The molecule has 0 radical (unpaired) electrons. The van der Waals surface area contributed by atoms with Crippen molar-refractivity contribution in [1.82, 2.24) is 5.32 Å². The first-order chi connectivity index (χ1) is 9.36. The summed E-state index contributed by atoms with van der Waals surface area (Å²) in [6, 6.07) is 7.51. The van der Waals surface area contributed by atoms with Crippen LogP contribution in [0.1, 0.15) is 29.0 Å². The van der Waals surface area contributed by atoms with Gasteiger partial charge in [0.25, 0.3) is 0 Å². The minimum atomic E-state index is -4.29. The molecule has 1 N–H and O–H groups in total. The number of alkyl halides is 3. The highest BCUT2D eigenvalue weighted by molar-refractivity contribution is 9.10. The summed E-state index contributed by atoms with van der Waals surface area (Å²) in [5, 5.41) is 5.21. The third-order valence-corrected chi connectivity index (χ3v) is 4.76. The van der Waals surface area contributed by atoms with Crippen molar-refractivity contribution in [3.05, 3.63) is 56.2 Å². The van der Waals surface area contributed by atoms with Crippen molar-refractivity contribution in [2.75, 3.05) is 0 Å². The number of benzene rings is 1. The standard InChI is InChI=1S/C14H13BrF3NS/c1-9(13-6-12(15)8-20-13)19-7-10-3-2-4-11(5-10)14(16,17)18/h2-6,8-9,19H,7H2,1H3. The number of halogens is 4. The van der Waals surface area contributed by atoms with E-state index in [2.05, 4.69) is 21.2 Å². The largest absolute Gasteiger partial charge is 0.416 e. The summed E-state index contributed by atoms with van der Waals surface area (Å²) < 4.78 is 38.9. The van der Waals surface area contributed by atoms with Crippen LogP contribution in [0.4, 0.5) is 13.2 Å². The van der Waals surface area contributed by atoms with Crippen molar-refractivity contribution in [3.8, 4) is 0 Å². The molecular weight excluding hydrogens is 351 g/mol. The van der Waals surface area contributed by atoms with Gasteiger partial charge in [-0.05, 0) is 40.5 Å². The second-order valence-corrected chi connectivity index (χ2v) is 6.33. The second kappa shape index (κ2) is 6.28. The summed E-state index contributed by atoms with van der Waals surface area (Å²) in [4.78, 5) is 1.14. The van der Waals surface area contributed by atoms with Crippen LogP contribution in [0.2, 0.25) is 0 Å². The highest BCUT2D eigenvalue weighted by atomic mass is 79.9. The van der Waals surface area contributed by atoms with Gasteiger partial charge in [-0.15, -0.1) is 11.3 Å². The molecule has 0 spiro atoms. The average Bonchev–Trinajstić information content (AvgIpc) is 2.82. The predicted octanol–water partition coefficient (Wildman–Crippen LogP) is 5.38. The zero-order valence-electron chi connectivity index (χ0n) is 10.7. The van der Waals surface area contributed by atoms with E-state index in [0.717, 1.165) is 15.4 Å². The fourth-order valence-electron chi connectivity index (χ4n) is 1.78. The molecule has 20 heavy (non-hydrogen) atoms. The first kappa shape index (κ1) is 15.5. The smallest absolute Gasteiger partial charge is 0.305 e. The molecule has 0 bridgehead atoms. The van der Waals surface area contributed by atoms with Crippen LogP contribution in [-0.2, 0) is 12.7 Å². The molecule has 0 saturated carbocycles. The molecule has 1 unspecified atom stereocenters. The third kappa shape index (κ3) is 4.07. The molecule has 2 rings (SSSR count). The number of hydrogen-bond donors (Lipinski definition) is 1. The van der Waals surface area contributed by atoms with Gasteiger partial charge in [0.05, 0.1) is 5.56 Å². The van der Waals surface area contributed by atoms with Gasteiger partial charge in [-0.25, -0.2) is 0 Å². The lowest BCUT2D eigenvalue weighted by atomic mass is 10.1. The molecule has 1 atom stereocenters. The van der Waals surface area contributed by atoms with Crippen LogP contribution in [0.25, 0.3) is 0 Å². The first-order valence-electron chi connectivity index (χ1n) is 5.99. The Morgan fingerprint density at radius 2 is 2.05 bits per heavy atom. The predicted molar refractivity (Wildman–Crippen MR) is 78.7 cm³/mol. The summed E-state index contributed by atoms with van der Waals surface area (Å²) in [6.45, 7) is 2.40. The van der Waals surface area contributed by atoms with Gasteiger partial charge in [0, 0.05) is 27.3 Å². The highest BCUT2D eigenvalue weighted by Crippen LogP contribution is 2.30. The molecular formula is C14H13BrF3NS. The topological polar surface area (TPSA) is 12.0 Å². The number of hydrogen-bond acceptors (Lipinski definition) is 2. The maximum Gasteiger partial charge on any atom is 0.416 e. The SMILES string of the molecule is CC(NCc1cccc(C(F)(F)F)c1)c1cc(Br)cs1. The van der Waals surface area contributed by atoms with Crippen molar-refractivity contribution >= 4 is 27.3 Å². The van der Waals surface area contributed by atoms with Gasteiger partial charge in [0.2, 0.25) is 0 Å². The van der Waals surface area contributed by atoms with Crippen LogP contribution in [0, 0.1) is 0 Å². The van der Waals surface area contributed by atoms with Crippen molar-refractivity contribution in [2.45, 2.75) is 25.7 Å². The van der Waals surface area contributed by atoms with Gasteiger partial charge in [-0.2, -0.15) is 13.2 Å². The van der Waals surface area contributed by atoms with E-state index in [1.165, 1.54) is 12.1 Å². The Kier molecular flexibility index (Phi) is 4.88. The molecule has 1 heterocycles. The lowest BCUT2D eigenvalue weighted by molar-refractivity contribution is -0.137. The Bertz CT molecular complexity index is 580.